The lowest BCUT2D eigenvalue weighted by Crippen LogP contribution is -2.04. The van der Waals surface area contributed by atoms with Crippen molar-refractivity contribution in [3.05, 3.63) is 64.0 Å². The van der Waals surface area contributed by atoms with E-state index in [0.717, 1.165) is 29.5 Å². The molecule has 0 aliphatic heterocycles. The predicted octanol–water partition coefficient (Wildman–Crippen LogP) is 5.83. The molecular weight excluding hydrogens is 321 g/mol. The molecule has 0 atom stereocenters. The fourth-order valence-electron chi connectivity index (χ4n) is 1.55. The van der Waals surface area contributed by atoms with Crippen LogP contribution in [0, 0.1) is 0 Å². The predicted molar refractivity (Wildman–Crippen MR) is 79.5 cm³/mol. The van der Waals surface area contributed by atoms with Gasteiger partial charge in [0.1, 0.15) is 5.75 Å². The molecule has 0 aliphatic rings. The van der Waals surface area contributed by atoms with E-state index >= 15 is 0 Å². The van der Waals surface area contributed by atoms with Crippen LogP contribution >= 0.6 is 23.4 Å². The van der Waals surface area contributed by atoms with Crippen LogP contribution in [0.2, 0.25) is 5.02 Å². The number of hydrogen-bond acceptors (Lipinski definition) is 2. The Morgan fingerprint density at radius 3 is 2.29 bits per heavy atom. The number of benzene rings is 2. The quantitative estimate of drug-likeness (QED) is 0.715. The second-order valence-corrected chi connectivity index (χ2v) is 5.54. The van der Waals surface area contributed by atoms with Gasteiger partial charge < -0.3 is 5.11 Å². The molecular formula is C15H10ClF3OS. The van der Waals surface area contributed by atoms with Crippen LogP contribution in [0.25, 0.3) is 6.08 Å². The van der Waals surface area contributed by atoms with Crippen LogP contribution in [-0.4, -0.2) is 5.11 Å². The first-order valence-corrected chi connectivity index (χ1v) is 7.11. The molecule has 0 radical (unpaired) electrons. The zero-order valence-corrected chi connectivity index (χ0v) is 12.1. The minimum absolute atomic E-state index is 0.355. The maximum atomic E-state index is 12.5. The smallest absolute Gasteiger partial charge is 0.416 e. The molecule has 0 aliphatic carbocycles. The number of halogens is 4. The molecule has 2 rings (SSSR count). The number of phenols is 1. The zero-order valence-electron chi connectivity index (χ0n) is 10.6. The van der Waals surface area contributed by atoms with Gasteiger partial charge >= 0.3 is 6.18 Å². The average Bonchev–Trinajstić information content (AvgIpc) is 2.41. The van der Waals surface area contributed by atoms with Gasteiger partial charge in [-0.15, -0.1) is 0 Å². The number of phenolic OH excluding ortho intramolecular Hbond substituents is 1. The maximum absolute atomic E-state index is 12.5. The van der Waals surface area contributed by atoms with Gasteiger partial charge in [-0.1, -0.05) is 35.5 Å². The third kappa shape index (κ3) is 4.44. The Morgan fingerprint density at radius 2 is 1.71 bits per heavy atom. The van der Waals surface area contributed by atoms with Crippen molar-refractivity contribution in [1.29, 1.82) is 0 Å². The molecule has 0 amide bonds. The van der Waals surface area contributed by atoms with Gasteiger partial charge in [-0.2, -0.15) is 13.2 Å². The SMILES string of the molecule is Oc1cc(C(F)(F)F)ccc1S/C=C/c1ccc(Cl)cc1. The molecule has 2 aromatic rings. The fraction of sp³-hybridized carbons (Fsp3) is 0.0667. The van der Waals surface area contributed by atoms with Gasteiger partial charge in [0.2, 0.25) is 0 Å². The summed E-state index contributed by atoms with van der Waals surface area (Å²) in [7, 11) is 0. The van der Waals surface area contributed by atoms with E-state index in [4.69, 9.17) is 11.6 Å². The van der Waals surface area contributed by atoms with Crippen molar-refractivity contribution >= 4 is 29.4 Å². The van der Waals surface area contributed by atoms with Crippen LogP contribution in [0.1, 0.15) is 11.1 Å². The highest BCUT2D eigenvalue weighted by Gasteiger charge is 2.31. The van der Waals surface area contributed by atoms with Crippen molar-refractivity contribution in [3.8, 4) is 5.75 Å². The Labute approximate surface area is 129 Å². The van der Waals surface area contributed by atoms with Crippen molar-refractivity contribution in [2.24, 2.45) is 0 Å². The van der Waals surface area contributed by atoms with Gasteiger partial charge in [-0.05, 0) is 47.4 Å². The van der Waals surface area contributed by atoms with Gasteiger partial charge in [0.05, 0.1) is 10.5 Å². The lowest BCUT2D eigenvalue weighted by molar-refractivity contribution is -0.137. The van der Waals surface area contributed by atoms with Crippen LogP contribution < -0.4 is 0 Å². The highest BCUT2D eigenvalue weighted by molar-refractivity contribution is 8.02. The minimum atomic E-state index is -4.46. The van der Waals surface area contributed by atoms with Crippen LogP contribution in [0.5, 0.6) is 5.75 Å². The zero-order chi connectivity index (χ0) is 15.5. The molecule has 2 aromatic carbocycles. The van der Waals surface area contributed by atoms with E-state index in [2.05, 4.69) is 0 Å². The normalized spacial score (nSPS) is 12.0. The lowest BCUT2D eigenvalue weighted by atomic mass is 10.2. The largest absolute Gasteiger partial charge is 0.507 e. The van der Waals surface area contributed by atoms with Crippen molar-refractivity contribution in [2.75, 3.05) is 0 Å². The first-order chi connectivity index (χ1) is 9.86. The van der Waals surface area contributed by atoms with Gasteiger partial charge in [-0.3, -0.25) is 0 Å². The molecule has 6 heteroatoms. The number of thioether (sulfide) groups is 1. The molecule has 0 saturated heterocycles. The summed E-state index contributed by atoms with van der Waals surface area (Å²) in [6.45, 7) is 0. The van der Waals surface area contributed by atoms with Crippen LogP contribution in [-0.2, 0) is 6.18 Å². The molecule has 1 N–H and O–H groups in total. The Bertz CT molecular complexity index is 651. The second-order valence-electron chi connectivity index (χ2n) is 4.15. The van der Waals surface area contributed by atoms with E-state index in [1.807, 2.05) is 12.1 Å². The fourth-order valence-corrected chi connectivity index (χ4v) is 2.38. The van der Waals surface area contributed by atoms with Crippen molar-refractivity contribution in [1.82, 2.24) is 0 Å². The van der Waals surface area contributed by atoms with Gasteiger partial charge in [-0.25, -0.2) is 0 Å². The third-order valence-corrected chi connectivity index (χ3v) is 3.74. The molecule has 0 spiro atoms. The summed E-state index contributed by atoms with van der Waals surface area (Å²) in [5.74, 6) is -0.393. The maximum Gasteiger partial charge on any atom is 0.416 e. The van der Waals surface area contributed by atoms with E-state index in [1.165, 1.54) is 6.07 Å². The third-order valence-electron chi connectivity index (χ3n) is 2.61. The summed E-state index contributed by atoms with van der Waals surface area (Å²) >= 11 is 6.89. The second kappa shape index (κ2) is 6.45. The molecule has 21 heavy (non-hydrogen) atoms. The van der Waals surface area contributed by atoms with E-state index in [-0.39, 0.29) is 0 Å². The molecule has 1 nitrogen and oxygen atoms in total. The standard InChI is InChI=1S/C15H10ClF3OS/c16-12-4-1-10(2-5-12)7-8-21-14-6-3-11(9-13(14)20)15(17,18)19/h1-9,20H/b8-7+. The van der Waals surface area contributed by atoms with Crippen LogP contribution in [0.4, 0.5) is 13.2 Å². The number of aromatic hydroxyl groups is 1. The Balaban J connectivity index is 2.08. The average molecular weight is 331 g/mol. The van der Waals surface area contributed by atoms with Crippen molar-refractivity contribution in [2.45, 2.75) is 11.1 Å². The van der Waals surface area contributed by atoms with Gasteiger partial charge in [0, 0.05) is 5.02 Å². The van der Waals surface area contributed by atoms with E-state index < -0.39 is 17.5 Å². The van der Waals surface area contributed by atoms with Crippen molar-refractivity contribution < 1.29 is 18.3 Å². The summed E-state index contributed by atoms with van der Waals surface area (Å²) in [6, 6.07) is 10.0. The molecule has 110 valence electrons. The summed E-state index contributed by atoms with van der Waals surface area (Å²) in [5.41, 5.74) is 0.0318. The highest BCUT2D eigenvalue weighted by atomic mass is 35.5. The first-order valence-electron chi connectivity index (χ1n) is 5.85. The molecule has 0 unspecified atom stereocenters. The summed E-state index contributed by atoms with van der Waals surface area (Å²) < 4.78 is 37.4. The molecule has 0 fully saturated rings. The lowest BCUT2D eigenvalue weighted by Gasteiger charge is -2.08. The van der Waals surface area contributed by atoms with E-state index in [1.54, 1.807) is 23.6 Å². The van der Waals surface area contributed by atoms with E-state index in [0.29, 0.717) is 9.92 Å². The van der Waals surface area contributed by atoms with E-state index in [9.17, 15) is 18.3 Å². The van der Waals surface area contributed by atoms with Gasteiger partial charge in [0.25, 0.3) is 0 Å². The monoisotopic (exact) mass is 330 g/mol. The first kappa shape index (κ1) is 15.8. The summed E-state index contributed by atoms with van der Waals surface area (Å²) in [4.78, 5) is 0.355. The van der Waals surface area contributed by atoms with Crippen molar-refractivity contribution in [3.63, 3.8) is 0 Å². The van der Waals surface area contributed by atoms with Gasteiger partial charge in [0.15, 0.2) is 0 Å². The molecule has 0 bridgehead atoms. The minimum Gasteiger partial charge on any atom is -0.507 e. The van der Waals surface area contributed by atoms with Crippen LogP contribution in [0.15, 0.2) is 52.8 Å². The molecule has 0 heterocycles. The molecule has 0 saturated carbocycles. The highest BCUT2D eigenvalue weighted by Crippen LogP contribution is 2.36. The van der Waals surface area contributed by atoms with Crippen LogP contribution in [0.3, 0.4) is 0 Å². The Kier molecular flexibility index (Phi) is 4.85. The summed E-state index contributed by atoms with van der Waals surface area (Å²) in [6.07, 6.45) is -2.68. The number of rotatable bonds is 3. The topological polar surface area (TPSA) is 20.2 Å². The Morgan fingerprint density at radius 1 is 1.05 bits per heavy atom. The number of hydrogen-bond donors (Lipinski definition) is 1. The number of alkyl halides is 3. The molecule has 0 aromatic heterocycles. The Hall–Kier alpha value is -1.59. The summed E-state index contributed by atoms with van der Waals surface area (Å²) in [5, 5.41) is 11.9.